The first-order chi connectivity index (χ1) is 19.9. The number of hydroxylamine groups is 2. The molecular weight excluding hydrogens is 548 g/mol. The van der Waals surface area contributed by atoms with Crippen LogP contribution in [0, 0.1) is 5.92 Å². The molecule has 0 aromatic rings. The van der Waals surface area contributed by atoms with Gasteiger partial charge < -0.3 is 34.6 Å². The van der Waals surface area contributed by atoms with Crippen LogP contribution in [0.15, 0.2) is 36.0 Å². The number of allylic oxidation sites excluding steroid dienone is 2. The van der Waals surface area contributed by atoms with Gasteiger partial charge in [0.1, 0.15) is 17.8 Å². The van der Waals surface area contributed by atoms with Gasteiger partial charge in [-0.25, -0.2) is 4.79 Å². The van der Waals surface area contributed by atoms with E-state index in [0.717, 1.165) is 12.0 Å². The zero-order chi connectivity index (χ0) is 30.6. The number of ether oxygens (including phenoxy) is 3. The third kappa shape index (κ3) is 8.13. The van der Waals surface area contributed by atoms with Crippen LogP contribution < -0.4 is 5.32 Å². The van der Waals surface area contributed by atoms with E-state index in [2.05, 4.69) is 12.2 Å². The molecule has 0 radical (unpaired) electrons. The predicted molar refractivity (Wildman–Crippen MR) is 148 cm³/mol. The van der Waals surface area contributed by atoms with Crippen LogP contribution in [-0.2, 0) is 38.2 Å². The molecule has 4 rings (SSSR count). The van der Waals surface area contributed by atoms with Gasteiger partial charge in [0.05, 0.1) is 43.5 Å². The van der Waals surface area contributed by atoms with Crippen LogP contribution in [0.25, 0.3) is 0 Å². The molecular formula is C30H42N2O10. The molecule has 0 bridgehead atoms. The number of aliphatic hydroxyl groups excluding tert-OH is 2. The van der Waals surface area contributed by atoms with Gasteiger partial charge in [-0.2, -0.15) is 0 Å². The second-order valence-corrected chi connectivity index (χ2v) is 11.8. The van der Waals surface area contributed by atoms with Gasteiger partial charge in [-0.1, -0.05) is 36.8 Å². The van der Waals surface area contributed by atoms with Crippen molar-refractivity contribution in [1.29, 1.82) is 0 Å². The minimum absolute atomic E-state index is 0.0157. The zero-order valence-electron chi connectivity index (χ0n) is 24.6. The topological polar surface area (TPSA) is 164 Å². The van der Waals surface area contributed by atoms with Gasteiger partial charge in [0.15, 0.2) is 0 Å². The van der Waals surface area contributed by atoms with Gasteiger partial charge in [0.2, 0.25) is 5.91 Å². The van der Waals surface area contributed by atoms with E-state index in [9.17, 15) is 29.4 Å². The number of hydrogen-bond donors (Lipinski definition) is 3. The van der Waals surface area contributed by atoms with Crippen LogP contribution in [0.3, 0.4) is 0 Å². The van der Waals surface area contributed by atoms with E-state index < -0.39 is 47.8 Å². The Hall–Kier alpha value is -2.90. The van der Waals surface area contributed by atoms with Crippen LogP contribution in [-0.4, -0.2) is 93.8 Å². The molecule has 0 unspecified atom stereocenters. The molecule has 4 aliphatic heterocycles. The van der Waals surface area contributed by atoms with Gasteiger partial charge in [0.25, 0.3) is 11.8 Å². The van der Waals surface area contributed by atoms with Crippen molar-refractivity contribution in [2.75, 3.05) is 6.61 Å². The molecule has 0 aromatic carbocycles. The van der Waals surface area contributed by atoms with Crippen LogP contribution in [0.4, 0.5) is 0 Å². The van der Waals surface area contributed by atoms with Crippen molar-refractivity contribution in [3.63, 3.8) is 0 Å². The lowest BCUT2D eigenvalue weighted by Crippen LogP contribution is -2.50. The summed E-state index contributed by atoms with van der Waals surface area (Å²) in [6, 6.07) is -0.129. The summed E-state index contributed by atoms with van der Waals surface area (Å²) in [6.45, 7) is 7.88. The van der Waals surface area contributed by atoms with E-state index in [0.29, 0.717) is 18.1 Å². The van der Waals surface area contributed by atoms with Crippen LogP contribution in [0.2, 0.25) is 0 Å². The number of carbonyl (C=O) groups is 4. The van der Waals surface area contributed by atoms with E-state index in [-0.39, 0.29) is 55.8 Å². The van der Waals surface area contributed by atoms with E-state index in [1.165, 1.54) is 12.2 Å². The fourth-order valence-electron chi connectivity index (χ4n) is 5.57. The largest absolute Gasteiger partial charge is 0.389 e. The third-order valence-corrected chi connectivity index (χ3v) is 8.17. The van der Waals surface area contributed by atoms with Crippen molar-refractivity contribution < 1.29 is 48.4 Å². The highest BCUT2D eigenvalue weighted by Crippen LogP contribution is 2.43. The van der Waals surface area contributed by atoms with Crippen molar-refractivity contribution >= 4 is 23.7 Å². The molecule has 4 fully saturated rings. The van der Waals surface area contributed by atoms with Gasteiger partial charge in [-0.3, -0.25) is 14.4 Å². The van der Waals surface area contributed by atoms with Gasteiger partial charge in [-0.05, 0) is 39.5 Å². The number of amides is 3. The summed E-state index contributed by atoms with van der Waals surface area (Å²) in [6.07, 6.45) is 6.79. The summed E-state index contributed by atoms with van der Waals surface area (Å²) in [7, 11) is 0. The Kier molecular flexibility index (Phi) is 10.4. The maximum Gasteiger partial charge on any atom is 0.335 e. The quantitative estimate of drug-likeness (QED) is 0.147. The molecule has 4 heterocycles. The minimum Gasteiger partial charge on any atom is -0.389 e. The number of carbonyl (C=O) groups excluding carboxylic acids is 4. The first kappa shape index (κ1) is 32.0. The van der Waals surface area contributed by atoms with E-state index in [1.54, 1.807) is 13.0 Å². The summed E-state index contributed by atoms with van der Waals surface area (Å²) in [5.41, 5.74) is 0.139. The van der Waals surface area contributed by atoms with Crippen molar-refractivity contribution in [3.05, 3.63) is 36.0 Å². The monoisotopic (exact) mass is 590 g/mol. The molecule has 232 valence electrons. The molecule has 42 heavy (non-hydrogen) atoms. The fraction of sp³-hybridized carbons (Fsp3) is 0.667. The second kappa shape index (κ2) is 13.6. The normalized spacial score (nSPS) is 36.2. The maximum absolute atomic E-state index is 12.4. The summed E-state index contributed by atoms with van der Waals surface area (Å²) >= 11 is 0. The first-order valence-corrected chi connectivity index (χ1v) is 14.6. The standard InChI is InChI=1S/C30H42N2O10/c1-17(5-8-23-18(2)13-22(20(4)40-23)31-25(34)10-7-19(3)33)6-9-24-29(38)30(16-39-30)15-21(41-24)14-28(37)42-32-26(35)11-12-27(32)36/h5-7,9-10,18-24,29,33,38H,8,11-16H2,1-4H3,(H,31,34)/b9-6+,10-7-,17-5+/t18-,19-,20+,21+,22+,23-,24+,29+,30+/m0/s1. The predicted octanol–water partition coefficient (Wildman–Crippen LogP) is 1.40. The molecule has 4 saturated heterocycles. The number of aliphatic hydroxyl groups is 2. The van der Waals surface area contributed by atoms with Crippen molar-refractivity contribution in [1.82, 2.24) is 10.4 Å². The highest BCUT2D eigenvalue weighted by Gasteiger charge is 2.58. The summed E-state index contributed by atoms with van der Waals surface area (Å²) in [5.74, 6) is -1.92. The Labute approximate surface area is 245 Å². The maximum atomic E-state index is 12.4. The smallest absolute Gasteiger partial charge is 0.335 e. The average molecular weight is 591 g/mol. The number of imide groups is 1. The van der Waals surface area contributed by atoms with Gasteiger partial charge in [0, 0.05) is 25.3 Å². The Morgan fingerprint density at radius 2 is 1.88 bits per heavy atom. The molecule has 0 aromatic heterocycles. The third-order valence-electron chi connectivity index (χ3n) is 8.17. The van der Waals surface area contributed by atoms with Crippen LogP contribution in [0.1, 0.15) is 66.2 Å². The van der Waals surface area contributed by atoms with Gasteiger partial charge in [-0.15, -0.1) is 5.06 Å². The lowest BCUT2D eigenvalue weighted by molar-refractivity contribution is -0.202. The van der Waals surface area contributed by atoms with E-state index in [1.807, 2.05) is 26.0 Å². The van der Waals surface area contributed by atoms with Crippen LogP contribution in [0.5, 0.6) is 0 Å². The molecule has 0 saturated carbocycles. The fourth-order valence-corrected chi connectivity index (χ4v) is 5.57. The molecule has 9 atom stereocenters. The summed E-state index contributed by atoms with van der Waals surface area (Å²) < 4.78 is 17.8. The number of epoxide rings is 1. The Morgan fingerprint density at radius 3 is 2.52 bits per heavy atom. The highest BCUT2D eigenvalue weighted by molar-refractivity contribution is 6.01. The lowest BCUT2D eigenvalue weighted by atomic mass is 9.87. The van der Waals surface area contributed by atoms with Crippen molar-refractivity contribution in [2.45, 2.75) is 114 Å². The molecule has 4 aliphatic rings. The van der Waals surface area contributed by atoms with Crippen molar-refractivity contribution in [2.24, 2.45) is 5.92 Å². The Bertz CT molecular complexity index is 1110. The minimum atomic E-state index is -0.916. The molecule has 3 N–H and O–H groups in total. The van der Waals surface area contributed by atoms with Crippen molar-refractivity contribution in [3.8, 4) is 0 Å². The number of rotatable bonds is 10. The first-order valence-electron chi connectivity index (χ1n) is 14.6. The Morgan fingerprint density at radius 1 is 1.19 bits per heavy atom. The second-order valence-electron chi connectivity index (χ2n) is 11.8. The SMILES string of the molecule is CC(/C=C/[C@H]1O[C@H](CC(=O)ON2C(=O)CCC2=O)C[C@@]2(CO2)[C@@H]1O)=C\C[C@@H]1O[C@H](C)[C@H](NC(=O)/C=C\[C@H](C)O)C[C@@H]1C. The molecule has 0 aliphatic carbocycles. The summed E-state index contributed by atoms with van der Waals surface area (Å²) in [5, 5.41) is 23.7. The Balaban J connectivity index is 1.29. The van der Waals surface area contributed by atoms with Crippen LogP contribution >= 0.6 is 0 Å². The average Bonchev–Trinajstić information content (AvgIpc) is 3.63. The number of nitrogens with zero attached hydrogens (tertiary/aromatic N) is 1. The number of nitrogens with one attached hydrogen (secondary N) is 1. The van der Waals surface area contributed by atoms with Gasteiger partial charge >= 0.3 is 5.97 Å². The molecule has 1 spiro atoms. The zero-order valence-corrected chi connectivity index (χ0v) is 24.6. The molecule has 12 heteroatoms. The molecule has 12 nitrogen and oxygen atoms in total. The number of hydrogen-bond acceptors (Lipinski definition) is 10. The lowest BCUT2D eigenvalue weighted by Gasteiger charge is -2.39. The molecule has 3 amide bonds. The van der Waals surface area contributed by atoms with E-state index in [4.69, 9.17) is 19.0 Å². The highest BCUT2D eigenvalue weighted by atomic mass is 16.7. The summed E-state index contributed by atoms with van der Waals surface area (Å²) in [4.78, 5) is 53.0. The van der Waals surface area contributed by atoms with E-state index >= 15 is 0 Å².